The number of nitrogens with zero attached hydrogens (tertiary/aromatic N) is 3. The van der Waals surface area contributed by atoms with Crippen molar-refractivity contribution in [3.05, 3.63) is 112 Å². The van der Waals surface area contributed by atoms with Gasteiger partial charge >= 0.3 is 6.18 Å². The fourth-order valence-corrected chi connectivity index (χ4v) is 5.53. The molecule has 0 saturated heterocycles. The molecule has 1 aliphatic heterocycles. The van der Waals surface area contributed by atoms with Crippen LogP contribution >= 0.6 is 27.0 Å². The Morgan fingerprint density at radius 2 is 1.62 bits per heavy atom. The molecule has 0 spiro atoms. The van der Waals surface area contributed by atoms with Crippen molar-refractivity contribution in [2.45, 2.75) is 39.3 Å². The minimum Gasteiger partial charge on any atom is -0.296 e. The molecule has 0 saturated carbocycles. The van der Waals surface area contributed by atoms with E-state index >= 15 is 0 Å². The second kappa shape index (κ2) is 12.7. The molecule has 0 unspecified atom stereocenters. The van der Waals surface area contributed by atoms with Crippen LogP contribution in [0.2, 0.25) is 0 Å². The Balaban J connectivity index is 0.00000242. The number of benzene rings is 3. The highest BCUT2D eigenvalue weighted by atomic mass is 32.1. The number of anilines is 1. The third-order valence-corrected chi connectivity index (χ3v) is 7.44. The van der Waals surface area contributed by atoms with Gasteiger partial charge in [-0.1, -0.05) is 42.5 Å². The molecule has 1 aliphatic rings. The number of hydrogen-bond acceptors (Lipinski definition) is 3. The van der Waals surface area contributed by atoms with E-state index in [-0.39, 0.29) is 51.4 Å². The molecular weight excluding hydrogens is 586 g/mol. The summed E-state index contributed by atoms with van der Waals surface area (Å²) in [5, 5.41) is 4.80. The summed E-state index contributed by atoms with van der Waals surface area (Å²) in [6.45, 7) is 5.86. The van der Waals surface area contributed by atoms with Crippen LogP contribution in [0.5, 0.6) is 0 Å². The zero-order valence-electron chi connectivity index (χ0n) is 23.2. The first-order valence-corrected chi connectivity index (χ1v) is 12.9. The summed E-state index contributed by atoms with van der Waals surface area (Å²) < 4.78 is 55.6. The van der Waals surface area contributed by atoms with Gasteiger partial charge in [0.25, 0.3) is 0 Å². The molecule has 5 nitrogen and oxygen atoms in total. The first-order chi connectivity index (χ1) is 19.0. The number of carbonyl (C=O) groups excluding carboxylic acids is 2. The second-order valence-corrected chi connectivity index (χ2v) is 9.95. The molecule has 2 heterocycles. The van der Waals surface area contributed by atoms with E-state index in [0.29, 0.717) is 17.1 Å². The molecule has 0 radical (unpaired) electrons. The van der Waals surface area contributed by atoms with Crippen molar-refractivity contribution in [1.29, 1.82) is 0 Å². The van der Waals surface area contributed by atoms with Crippen LogP contribution in [0.3, 0.4) is 0 Å². The van der Waals surface area contributed by atoms with Gasteiger partial charge in [0.15, 0.2) is 5.78 Å². The molecule has 0 bridgehead atoms. The highest BCUT2D eigenvalue weighted by Gasteiger charge is 2.45. The van der Waals surface area contributed by atoms with Crippen LogP contribution < -0.4 is 4.90 Å². The number of amides is 1. The second-order valence-electron chi connectivity index (χ2n) is 9.95. The Labute approximate surface area is 255 Å². The topological polar surface area (TPSA) is 55.2 Å². The number of rotatable bonds is 6. The number of halogens is 4. The third-order valence-electron chi connectivity index (χ3n) is 7.44. The lowest BCUT2D eigenvalue weighted by Crippen LogP contribution is -2.45. The Bertz CT molecular complexity index is 1600. The highest BCUT2D eigenvalue weighted by molar-refractivity contribution is 7.59. The molecule has 2 atom stereocenters. The summed E-state index contributed by atoms with van der Waals surface area (Å²) in [7, 11) is 0. The molecule has 4 aromatic rings. The number of para-hydroxylation sites is 1. The summed E-state index contributed by atoms with van der Waals surface area (Å²) in [5.41, 5.74) is 2.64. The fraction of sp³-hybridized carbons (Fsp3) is 0.258. The Kier molecular flexibility index (Phi) is 10.00. The van der Waals surface area contributed by atoms with Gasteiger partial charge in [-0.2, -0.15) is 45.3 Å². The molecule has 222 valence electrons. The standard InChI is InChI=1S/C31H27F4N3O2.2H2S/c1-4-37-29-27(19(3)36-38(29)25-11-6-5-8-18(25)2)28(20-12-14-23(32)15-13-20)24(30(37)40)17-26(39)21-9-7-10-22(16-21)31(33,34)35;;/h5-16,24,28H,4,17H2,1-3H3;2*1H2/t24-,28+;;/m0../s1. The largest absolute Gasteiger partial charge is 0.416 e. The smallest absolute Gasteiger partial charge is 0.296 e. The summed E-state index contributed by atoms with van der Waals surface area (Å²) in [6, 6.07) is 17.6. The van der Waals surface area contributed by atoms with Crippen molar-refractivity contribution in [1.82, 2.24) is 9.78 Å². The fourth-order valence-electron chi connectivity index (χ4n) is 5.53. The van der Waals surface area contributed by atoms with E-state index in [1.165, 1.54) is 24.3 Å². The van der Waals surface area contributed by atoms with Crippen LogP contribution in [-0.4, -0.2) is 28.0 Å². The number of carbonyl (C=O) groups is 2. The molecule has 11 heteroatoms. The van der Waals surface area contributed by atoms with Gasteiger partial charge in [0.2, 0.25) is 5.91 Å². The van der Waals surface area contributed by atoms with Crippen molar-refractivity contribution in [3.8, 4) is 5.69 Å². The van der Waals surface area contributed by atoms with Gasteiger partial charge in [0.05, 0.1) is 22.9 Å². The van der Waals surface area contributed by atoms with Crippen LogP contribution in [0.4, 0.5) is 23.4 Å². The van der Waals surface area contributed by atoms with E-state index < -0.39 is 35.2 Å². The van der Waals surface area contributed by atoms with E-state index in [1.807, 2.05) is 45.0 Å². The predicted molar refractivity (Wildman–Crippen MR) is 164 cm³/mol. The number of hydrogen-bond donors (Lipinski definition) is 0. The van der Waals surface area contributed by atoms with Gasteiger partial charge in [-0.25, -0.2) is 9.07 Å². The van der Waals surface area contributed by atoms with Crippen molar-refractivity contribution >= 4 is 44.5 Å². The van der Waals surface area contributed by atoms with E-state index in [4.69, 9.17) is 5.10 Å². The van der Waals surface area contributed by atoms with Gasteiger partial charge < -0.3 is 0 Å². The molecule has 3 aromatic carbocycles. The van der Waals surface area contributed by atoms with Crippen LogP contribution in [0.15, 0.2) is 72.8 Å². The third kappa shape index (κ3) is 5.98. The van der Waals surface area contributed by atoms with E-state index in [0.717, 1.165) is 28.9 Å². The molecule has 42 heavy (non-hydrogen) atoms. The lowest BCUT2D eigenvalue weighted by molar-refractivity contribution is -0.137. The zero-order chi connectivity index (χ0) is 28.8. The summed E-state index contributed by atoms with van der Waals surface area (Å²) >= 11 is 0. The number of alkyl halides is 3. The van der Waals surface area contributed by atoms with E-state index in [2.05, 4.69) is 0 Å². The van der Waals surface area contributed by atoms with Gasteiger partial charge in [0, 0.05) is 30.0 Å². The van der Waals surface area contributed by atoms with Crippen LogP contribution in [0.1, 0.15) is 57.6 Å². The van der Waals surface area contributed by atoms with Crippen LogP contribution in [0, 0.1) is 25.6 Å². The van der Waals surface area contributed by atoms with Gasteiger partial charge in [0.1, 0.15) is 11.6 Å². The molecule has 1 amide bonds. The van der Waals surface area contributed by atoms with Crippen LogP contribution in [0.25, 0.3) is 5.69 Å². The normalized spacial score (nSPS) is 16.4. The van der Waals surface area contributed by atoms with Crippen molar-refractivity contribution in [2.75, 3.05) is 11.4 Å². The van der Waals surface area contributed by atoms with E-state index in [9.17, 15) is 27.2 Å². The van der Waals surface area contributed by atoms with E-state index in [1.54, 1.807) is 21.7 Å². The number of Topliss-reactive ketones (excluding diaryl/α,β-unsaturated/α-hetero) is 1. The Morgan fingerprint density at radius 3 is 2.24 bits per heavy atom. The van der Waals surface area contributed by atoms with Crippen molar-refractivity contribution < 1.29 is 27.2 Å². The van der Waals surface area contributed by atoms with Gasteiger partial charge in [-0.15, -0.1) is 0 Å². The molecule has 1 aromatic heterocycles. The Morgan fingerprint density at radius 1 is 0.952 bits per heavy atom. The van der Waals surface area contributed by atoms with Crippen molar-refractivity contribution in [3.63, 3.8) is 0 Å². The molecular formula is C31H31F4N3O2S2. The number of aryl methyl sites for hydroxylation is 2. The summed E-state index contributed by atoms with van der Waals surface area (Å²) in [4.78, 5) is 29.1. The SMILES string of the molecule is CCN1C(=O)[C@@H](CC(=O)c2cccc(C(F)(F)F)c2)[C@@H](c2ccc(F)cc2)c2c(C)nn(-c3ccccc3C)c21.S.S. The maximum atomic E-state index is 14.1. The number of aromatic nitrogens is 2. The zero-order valence-corrected chi connectivity index (χ0v) is 25.2. The first kappa shape index (κ1) is 32.9. The predicted octanol–water partition coefficient (Wildman–Crippen LogP) is 7.26. The summed E-state index contributed by atoms with van der Waals surface area (Å²) in [5.74, 6) is -2.42. The van der Waals surface area contributed by atoms with Crippen LogP contribution in [-0.2, 0) is 11.0 Å². The first-order valence-electron chi connectivity index (χ1n) is 12.9. The summed E-state index contributed by atoms with van der Waals surface area (Å²) in [6.07, 6.45) is -4.93. The molecule has 0 N–H and O–H groups in total. The Hall–Kier alpha value is -3.57. The monoisotopic (exact) mass is 617 g/mol. The average Bonchev–Trinajstić information content (AvgIpc) is 3.26. The average molecular weight is 618 g/mol. The maximum absolute atomic E-state index is 14.1. The number of ketones is 1. The maximum Gasteiger partial charge on any atom is 0.416 e. The van der Waals surface area contributed by atoms with Crippen molar-refractivity contribution in [2.24, 2.45) is 5.92 Å². The lowest BCUT2D eigenvalue weighted by atomic mass is 9.74. The molecule has 5 rings (SSSR count). The molecule has 0 aliphatic carbocycles. The lowest BCUT2D eigenvalue weighted by Gasteiger charge is -2.38. The minimum atomic E-state index is -4.61. The number of fused-ring (bicyclic) bond motifs is 1. The quantitative estimate of drug-likeness (QED) is 0.169. The molecule has 0 fully saturated rings. The van der Waals surface area contributed by atoms with Gasteiger partial charge in [-0.05, 0) is 62.2 Å². The highest BCUT2D eigenvalue weighted by Crippen LogP contribution is 2.47. The van der Waals surface area contributed by atoms with Gasteiger partial charge in [-0.3, -0.25) is 14.5 Å². The minimum absolute atomic E-state index is 0.